The lowest BCUT2D eigenvalue weighted by atomic mass is 9.95. The molecular formula is C17H23F3N4O2. The third-order valence-corrected chi connectivity index (χ3v) is 3.95. The Morgan fingerprint density at radius 3 is 2.46 bits per heavy atom. The minimum atomic E-state index is -4.73. The Morgan fingerprint density at radius 1 is 1.19 bits per heavy atom. The third kappa shape index (κ3) is 7.62. The number of halogens is 3. The lowest BCUT2D eigenvalue weighted by Crippen LogP contribution is -2.36. The van der Waals surface area contributed by atoms with Crippen LogP contribution in [0.5, 0.6) is 5.75 Å². The molecule has 0 atom stereocenters. The van der Waals surface area contributed by atoms with Gasteiger partial charge in [0.05, 0.1) is 6.54 Å². The van der Waals surface area contributed by atoms with E-state index < -0.39 is 6.36 Å². The summed E-state index contributed by atoms with van der Waals surface area (Å²) >= 11 is 0. The second-order valence-electron chi connectivity index (χ2n) is 6.12. The minimum Gasteiger partial charge on any atom is -0.406 e. The smallest absolute Gasteiger partial charge is 0.406 e. The van der Waals surface area contributed by atoms with E-state index in [-0.39, 0.29) is 36.6 Å². The molecule has 6 nitrogen and oxygen atoms in total. The van der Waals surface area contributed by atoms with Crippen LogP contribution in [-0.4, -0.2) is 30.8 Å². The Kier molecular flexibility index (Phi) is 7.11. The van der Waals surface area contributed by atoms with E-state index in [0.29, 0.717) is 5.69 Å². The van der Waals surface area contributed by atoms with Gasteiger partial charge in [0.2, 0.25) is 5.91 Å². The van der Waals surface area contributed by atoms with Crippen molar-refractivity contribution in [2.24, 2.45) is 10.7 Å². The van der Waals surface area contributed by atoms with Gasteiger partial charge in [0.1, 0.15) is 5.75 Å². The lowest BCUT2D eigenvalue weighted by Gasteiger charge is -2.22. The van der Waals surface area contributed by atoms with E-state index >= 15 is 0 Å². The monoisotopic (exact) mass is 372 g/mol. The first-order valence-electron chi connectivity index (χ1n) is 8.54. The molecule has 1 saturated carbocycles. The van der Waals surface area contributed by atoms with E-state index in [9.17, 15) is 18.0 Å². The summed E-state index contributed by atoms with van der Waals surface area (Å²) < 4.78 is 40.1. The molecule has 0 radical (unpaired) electrons. The normalized spacial score (nSPS) is 16.2. The first kappa shape index (κ1) is 19.9. The van der Waals surface area contributed by atoms with E-state index in [4.69, 9.17) is 5.73 Å². The number of hydrogen-bond donors (Lipinski definition) is 3. The number of aliphatic imine (C=N–C) groups is 1. The molecular weight excluding hydrogens is 349 g/mol. The molecule has 0 unspecified atom stereocenters. The molecule has 0 heterocycles. The highest BCUT2D eigenvalue weighted by molar-refractivity contribution is 5.92. The number of ether oxygens (including phenoxy) is 1. The summed E-state index contributed by atoms with van der Waals surface area (Å²) in [7, 11) is 0. The number of alkyl halides is 3. The Morgan fingerprint density at radius 2 is 1.85 bits per heavy atom. The summed E-state index contributed by atoms with van der Waals surface area (Å²) in [6.45, 7) is 0.229. The van der Waals surface area contributed by atoms with E-state index in [1.54, 1.807) is 0 Å². The molecule has 1 aromatic carbocycles. The zero-order valence-corrected chi connectivity index (χ0v) is 14.3. The quantitative estimate of drug-likeness (QED) is 0.529. The van der Waals surface area contributed by atoms with Crippen molar-refractivity contribution in [3.8, 4) is 5.75 Å². The van der Waals surface area contributed by atoms with Crippen molar-refractivity contribution in [3.63, 3.8) is 0 Å². The van der Waals surface area contributed by atoms with Gasteiger partial charge in [-0.05, 0) is 37.1 Å². The van der Waals surface area contributed by atoms with Crippen LogP contribution >= 0.6 is 0 Å². The summed E-state index contributed by atoms with van der Waals surface area (Å²) in [6.07, 6.45) is 1.06. The van der Waals surface area contributed by atoms with E-state index in [1.807, 2.05) is 0 Å². The average Bonchev–Trinajstić information content (AvgIpc) is 2.56. The van der Waals surface area contributed by atoms with Gasteiger partial charge in [-0.15, -0.1) is 13.2 Å². The highest BCUT2D eigenvalue weighted by atomic mass is 19.4. The summed E-state index contributed by atoms with van der Waals surface area (Å²) in [5.74, 6) is -0.292. The summed E-state index contributed by atoms with van der Waals surface area (Å²) in [4.78, 5) is 15.9. The second-order valence-corrected chi connectivity index (χ2v) is 6.12. The number of hydrogen-bond acceptors (Lipinski definition) is 3. The van der Waals surface area contributed by atoms with Crippen LogP contribution in [0.25, 0.3) is 0 Å². The fourth-order valence-electron chi connectivity index (χ4n) is 2.75. The van der Waals surface area contributed by atoms with Crippen molar-refractivity contribution in [2.75, 3.05) is 11.9 Å². The molecule has 0 spiro atoms. The molecule has 0 saturated heterocycles. The van der Waals surface area contributed by atoms with Crippen LogP contribution in [0.15, 0.2) is 29.3 Å². The molecule has 1 aliphatic carbocycles. The number of benzene rings is 1. The van der Waals surface area contributed by atoms with Crippen LogP contribution in [0.2, 0.25) is 0 Å². The van der Waals surface area contributed by atoms with Crippen molar-refractivity contribution >= 4 is 17.6 Å². The van der Waals surface area contributed by atoms with Crippen LogP contribution in [0.3, 0.4) is 0 Å². The number of rotatable bonds is 6. The van der Waals surface area contributed by atoms with Gasteiger partial charge in [0, 0.05) is 18.2 Å². The maximum Gasteiger partial charge on any atom is 0.573 e. The van der Waals surface area contributed by atoms with Crippen LogP contribution in [0.1, 0.15) is 38.5 Å². The minimum absolute atomic E-state index is 0.0536. The highest BCUT2D eigenvalue weighted by Gasteiger charge is 2.30. The average molecular weight is 372 g/mol. The Labute approximate surface area is 150 Å². The number of nitrogens with one attached hydrogen (secondary N) is 2. The SMILES string of the molecule is NC(=NCCC(=O)NC1CCCCC1)Nc1ccc(OC(F)(F)F)cc1. The van der Waals surface area contributed by atoms with Gasteiger partial charge in [0.15, 0.2) is 5.96 Å². The van der Waals surface area contributed by atoms with Crippen LogP contribution in [0, 0.1) is 0 Å². The fraction of sp³-hybridized carbons (Fsp3) is 0.529. The topological polar surface area (TPSA) is 88.7 Å². The lowest BCUT2D eigenvalue weighted by molar-refractivity contribution is -0.274. The van der Waals surface area contributed by atoms with Crippen molar-refractivity contribution < 1.29 is 22.7 Å². The molecule has 0 aromatic heterocycles. The van der Waals surface area contributed by atoms with Gasteiger partial charge in [-0.1, -0.05) is 19.3 Å². The molecule has 9 heteroatoms. The predicted octanol–water partition coefficient (Wildman–Crippen LogP) is 3.15. The first-order chi connectivity index (χ1) is 12.3. The highest BCUT2D eigenvalue weighted by Crippen LogP contribution is 2.23. The molecule has 1 fully saturated rings. The molecule has 4 N–H and O–H groups in total. The van der Waals surface area contributed by atoms with Gasteiger partial charge < -0.3 is 21.1 Å². The molecule has 1 amide bonds. The molecule has 144 valence electrons. The largest absolute Gasteiger partial charge is 0.573 e. The predicted molar refractivity (Wildman–Crippen MR) is 92.9 cm³/mol. The number of carbonyl (C=O) groups excluding carboxylic acids is 1. The number of amides is 1. The van der Waals surface area contributed by atoms with Gasteiger partial charge in [-0.2, -0.15) is 0 Å². The molecule has 1 aliphatic rings. The zero-order valence-electron chi connectivity index (χ0n) is 14.3. The third-order valence-electron chi connectivity index (χ3n) is 3.95. The molecule has 26 heavy (non-hydrogen) atoms. The first-order valence-corrected chi connectivity index (χ1v) is 8.54. The van der Waals surface area contributed by atoms with Gasteiger partial charge in [0.25, 0.3) is 0 Å². The summed E-state index contributed by atoms with van der Waals surface area (Å²) in [5, 5.41) is 5.74. The second kappa shape index (κ2) is 9.30. The van der Waals surface area contributed by atoms with Crippen molar-refractivity contribution in [1.82, 2.24) is 5.32 Å². The maximum atomic E-state index is 12.1. The molecule has 2 rings (SSSR count). The zero-order chi connectivity index (χ0) is 19.0. The Hall–Kier alpha value is -2.45. The molecule has 0 bridgehead atoms. The summed E-state index contributed by atoms with van der Waals surface area (Å²) in [5.41, 5.74) is 6.18. The Bertz CT molecular complexity index is 611. The fourth-order valence-corrected chi connectivity index (χ4v) is 2.75. The standard InChI is InChI=1S/C17H23F3N4O2/c18-17(19,20)26-14-8-6-13(7-9-14)24-16(21)22-11-10-15(25)23-12-4-2-1-3-5-12/h6-9,12H,1-5,10-11H2,(H,23,25)(H3,21,22,24). The number of anilines is 1. The Balaban J connectivity index is 1.72. The van der Waals surface area contributed by atoms with E-state index in [0.717, 1.165) is 25.7 Å². The molecule has 1 aromatic rings. The summed E-state index contributed by atoms with van der Waals surface area (Å²) in [6, 6.07) is 5.37. The van der Waals surface area contributed by atoms with Crippen molar-refractivity contribution in [2.45, 2.75) is 50.9 Å². The maximum absolute atomic E-state index is 12.1. The van der Waals surface area contributed by atoms with Crippen molar-refractivity contribution in [1.29, 1.82) is 0 Å². The number of nitrogens with zero attached hydrogens (tertiary/aromatic N) is 1. The van der Waals surface area contributed by atoms with Gasteiger partial charge in [-0.25, -0.2) is 0 Å². The van der Waals surface area contributed by atoms with Crippen LogP contribution < -0.4 is 21.1 Å². The van der Waals surface area contributed by atoms with Gasteiger partial charge >= 0.3 is 6.36 Å². The van der Waals surface area contributed by atoms with E-state index in [2.05, 4.69) is 20.4 Å². The number of guanidine groups is 1. The van der Waals surface area contributed by atoms with Crippen LogP contribution in [-0.2, 0) is 4.79 Å². The van der Waals surface area contributed by atoms with Gasteiger partial charge in [-0.3, -0.25) is 9.79 Å². The van der Waals surface area contributed by atoms with E-state index in [1.165, 1.54) is 30.7 Å². The molecule has 0 aliphatic heterocycles. The van der Waals surface area contributed by atoms with Crippen molar-refractivity contribution in [3.05, 3.63) is 24.3 Å². The number of nitrogens with two attached hydrogens (primary N) is 1. The number of carbonyl (C=O) groups is 1. The van der Waals surface area contributed by atoms with Crippen LogP contribution in [0.4, 0.5) is 18.9 Å².